The molecule has 10 heteroatoms. The number of nitrogens with zero attached hydrogens (tertiary/aromatic N) is 3. The Morgan fingerprint density at radius 2 is 1.97 bits per heavy atom. The minimum absolute atomic E-state index is 0.0330. The second kappa shape index (κ2) is 8.89. The van der Waals surface area contributed by atoms with Crippen LogP contribution in [0.5, 0.6) is 5.88 Å². The molecule has 4 rings (SSSR count). The first-order chi connectivity index (χ1) is 15.8. The zero-order chi connectivity index (χ0) is 23.7. The zero-order valence-electron chi connectivity index (χ0n) is 17.7. The van der Waals surface area contributed by atoms with E-state index in [0.29, 0.717) is 11.3 Å². The van der Waals surface area contributed by atoms with Gasteiger partial charge in [0.25, 0.3) is 6.43 Å². The molecule has 1 N–H and O–H groups in total. The molecule has 2 amide bonds. The lowest BCUT2D eigenvalue weighted by Gasteiger charge is -2.24. The Morgan fingerprint density at radius 1 is 1.24 bits per heavy atom. The molecule has 0 radical (unpaired) electrons. The molecule has 1 atom stereocenters. The van der Waals surface area contributed by atoms with Crippen LogP contribution in [0.1, 0.15) is 30.5 Å². The van der Waals surface area contributed by atoms with Crippen molar-refractivity contribution in [2.75, 3.05) is 23.9 Å². The molecule has 0 saturated heterocycles. The SMILES string of the molecule is COc1cc2c(c(F)n1)-c1cccnc1C(C)C(=O)N2CC(=O)Nc1ccc(C(F)F)cc1. The summed E-state index contributed by atoms with van der Waals surface area (Å²) >= 11 is 0. The van der Waals surface area contributed by atoms with Crippen molar-refractivity contribution < 1.29 is 27.5 Å². The molecule has 0 aliphatic carbocycles. The monoisotopic (exact) mass is 456 g/mol. The number of pyridine rings is 2. The number of benzene rings is 1. The van der Waals surface area contributed by atoms with Gasteiger partial charge < -0.3 is 15.0 Å². The summed E-state index contributed by atoms with van der Waals surface area (Å²) in [6.45, 7) is 1.17. The number of nitrogens with one attached hydrogen (secondary N) is 1. The van der Waals surface area contributed by atoms with E-state index in [9.17, 15) is 18.4 Å². The van der Waals surface area contributed by atoms with Crippen LogP contribution in [-0.4, -0.2) is 35.4 Å². The summed E-state index contributed by atoms with van der Waals surface area (Å²) in [6.07, 6.45) is -1.13. The van der Waals surface area contributed by atoms with Crippen LogP contribution in [0.4, 0.5) is 24.5 Å². The van der Waals surface area contributed by atoms with Crippen LogP contribution in [0.2, 0.25) is 0 Å². The molecule has 1 aliphatic heterocycles. The van der Waals surface area contributed by atoms with Gasteiger partial charge in [0, 0.05) is 29.1 Å². The average molecular weight is 456 g/mol. The van der Waals surface area contributed by atoms with E-state index in [-0.39, 0.29) is 28.4 Å². The van der Waals surface area contributed by atoms with Crippen LogP contribution in [0.3, 0.4) is 0 Å². The van der Waals surface area contributed by atoms with Crippen LogP contribution < -0.4 is 15.0 Å². The van der Waals surface area contributed by atoms with E-state index < -0.39 is 36.7 Å². The Balaban J connectivity index is 1.71. The standard InChI is InChI=1S/C23H19F3N4O3/c1-12-20-15(4-3-9-27-20)19-16(10-18(33-2)29-22(19)26)30(23(12)32)11-17(31)28-14-7-5-13(6-8-14)21(24)25/h3-10,12,21H,11H2,1-2H3,(H,28,31). The minimum Gasteiger partial charge on any atom is -0.481 e. The van der Waals surface area contributed by atoms with Crippen molar-refractivity contribution in [3.63, 3.8) is 0 Å². The van der Waals surface area contributed by atoms with Crippen molar-refractivity contribution in [3.8, 4) is 17.0 Å². The van der Waals surface area contributed by atoms with Gasteiger partial charge >= 0.3 is 0 Å². The first-order valence-electron chi connectivity index (χ1n) is 9.99. The summed E-state index contributed by atoms with van der Waals surface area (Å²) < 4.78 is 45.6. The number of amides is 2. The highest BCUT2D eigenvalue weighted by Gasteiger charge is 2.35. The topological polar surface area (TPSA) is 84.4 Å². The Bertz CT molecular complexity index is 1220. The third-order valence-corrected chi connectivity index (χ3v) is 5.33. The lowest BCUT2D eigenvalue weighted by Crippen LogP contribution is -2.40. The second-order valence-electron chi connectivity index (χ2n) is 7.40. The lowest BCUT2D eigenvalue weighted by atomic mass is 9.98. The van der Waals surface area contributed by atoms with Gasteiger partial charge in [-0.1, -0.05) is 18.2 Å². The van der Waals surface area contributed by atoms with Gasteiger partial charge in [0.1, 0.15) is 6.54 Å². The summed E-state index contributed by atoms with van der Waals surface area (Å²) in [5.41, 5.74) is 1.01. The molecule has 1 unspecified atom stereocenters. The van der Waals surface area contributed by atoms with Crippen molar-refractivity contribution in [2.45, 2.75) is 19.3 Å². The minimum atomic E-state index is -2.63. The molecule has 0 bridgehead atoms. The number of ether oxygens (including phenoxy) is 1. The smallest absolute Gasteiger partial charge is 0.263 e. The van der Waals surface area contributed by atoms with Gasteiger partial charge in [-0.3, -0.25) is 14.6 Å². The molecule has 3 heterocycles. The summed E-state index contributed by atoms with van der Waals surface area (Å²) in [4.78, 5) is 35.3. The molecule has 2 aromatic heterocycles. The number of aromatic nitrogens is 2. The number of carbonyl (C=O) groups is 2. The number of anilines is 2. The summed E-state index contributed by atoms with van der Waals surface area (Å²) in [6, 6.07) is 9.71. The van der Waals surface area contributed by atoms with Crippen LogP contribution in [-0.2, 0) is 9.59 Å². The molecular formula is C23H19F3N4O3. The number of rotatable bonds is 5. The van der Waals surface area contributed by atoms with Gasteiger partial charge in [0.05, 0.1) is 30.0 Å². The fourth-order valence-corrected chi connectivity index (χ4v) is 3.71. The molecule has 33 heavy (non-hydrogen) atoms. The molecule has 3 aromatic rings. The highest BCUT2D eigenvalue weighted by Crippen LogP contribution is 2.42. The summed E-state index contributed by atoms with van der Waals surface area (Å²) in [5.74, 6) is -2.76. The molecular weight excluding hydrogens is 437 g/mol. The van der Waals surface area contributed by atoms with Crippen molar-refractivity contribution in [2.24, 2.45) is 0 Å². The largest absolute Gasteiger partial charge is 0.481 e. The summed E-state index contributed by atoms with van der Waals surface area (Å²) in [7, 11) is 1.31. The third-order valence-electron chi connectivity index (χ3n) is 5.33. The first kappa shape index (κ1) is 22.3. The van der Waals surface area contributed by atoms with Gasteiger partial charge in [-0.2, -0.15) is 9.37 Å². The zero-order valence-corrected chi connectivity index (χ0v) is 17.7. The number of fused-ring (bicyclic) bond motifs is 3. The van der Waals surface area contributed by atoms with Crippen molar-refractivity contribution in [3.05, 3.63) is 65.9 Å². The van der Waals surface area contributed by atoms with Crippen LogP contribution >= 0.6 is 0 Å². The van der Waals surface area contributed by atoms with E-state index in [1.165, 1.54) is 43.6 Å². The number of hydrogen-bond donors (Lipinski definition) is 1. The number of halogens is 3. The Morgan fingerprint density at radius 3 is 2.64 bits per heavy atom. The van der Waals surface area contributed by atoms with Gasteiger partial charge in [-0.05, 0) is 25.1 Å². The molecule has 0 saturated carbocycles. The van der Waals surface area contributed by atoms with Gasteiger partial charge in [0.15, 0.2) is 0 Å². The van der Waals surface area contributed by atoms with Crippen molar-refractivity contribution >= 4 is 23.2 Å². The number of hydrogen-bond acceptors (Lipinski definition) is 5. The molecule has 7 nitrogen and oxygen atoms in total. The van der Waals surface area contributed by atoms with E-state index in [2.05, 4.69) is 15.3 Å². The quantitative estimate of drug-likeness (QED) is 0.578. The fourth-order valence-electron chi connectivity index (χ4n) is 3.71. The fraction of sp³-hybridized carbons (Fsp3) is 0.217. The van der Waals surface area contributed by atoms with Crippen LogP contribution in [0, 0.1) is 5.95 Å². The van der Waals surface area contributed by atoms with Crippen molar-refractivity contribution in [1.29, 1.82) is 0 Å². The molecule has 1 aliphatic rings. The maximum Gasteiger partial charge on any atom is 0.263 e. The third kappa shape index (κ3) is 4.23. The molecule has 0 spiro atoms. The number of methoxy groups -OCH3 is 1. The van der Waals surface area contributed by atoms with Gasteiger partial charge in [0.2, 0.25) is 23.6 Å². The predicted octanol–water partition coefficient (Wildman–Crippen LogP) is 4.32. The Kier molecular flexibility index (Phi) is 5.99. The Labute approximate surface area is 187 Å². The highest BCUT2D eigenvalue weighted by atomic mass is 19.3. The van der Waals surface area contributed by atoms with Gasteiger partial charge in [-0.15, -0.1) is 0 Å². The molecule has 0 fully saturated rings. The summed E-state index contributed by atoms with van der Waals surface area (Å²) in [5, 5.41) is 2.57. The predicted molar refractivity (Wildman–Crippen MR) is 115 cm³/mol. The Hall–Kier alpha value is -3.95. The van der Waals surface area contributed by atoms with E-state index in [1.807, 2.05) is 0 Å². The average Bonchev–Trinajstić information content (AvgIpc) is 2.89. The van der Waals surface area contributed by atoms with E-state index >= 15 is 4.39 Å². The first-order valence-corrected chi connectivity index (χ1v) is 9.99. The normalized spacial score (nSPS) is 15.0. The maximum absolute atomic E-state index is 15.1. The molecule has 1 aromatic carbocycles. The maximum atomic E-state index is 15.1. The van der Waals surface area contributed by atoms with Crippen molar-refractivity contribution in [1.82, 2.24) is 9.97 Å². The van der Waals surface area contributed by atoms with E-state index in [0.717, 1.165) is 4.90 Å². The van der Waals surface area contributed by atoms with E-state index in [1.54, 1.807) is 19.1 Å². The van der Waals surface area contributed by atoms with E-state index in [4.69, 9.17) is 4.74 Å². The van der Waals surface area contributed by atoms with Crippen LogP contribution in [0.25, 0.3) is 11.1 Å². The number of carbonyl (C=O) groups excluding carboxylic acids is 2. The lowest BCUT2D eigenvalue weighted by molar-refractivity contribution is -0.122. The second-order valence-corrected chi connectivity index (χ2v) is 7.40. The number of alkyl halides is 2. The highest BCUT2D eigenvalue weighted by molar-refractivity contribution is 6.09. The van der Waals surface area contributed by atoms with Crippen LogP contribution in [0.15, 0.2) is 48.7 Å². The van der Waals surface area contributed by atoms with Gasteiger partial charge in [-0.25, -0.2) is 8.78 Å². The molecule has 170 valence electrons.